The number of imidazole rings is 1. The van der Waals surface area contributed by atoms with E-state index in [9.17, 15) is 4.79 Å². The van der Waals surface area contributed by atoms with Gasteiger partial charge in [-0.25, -0.2) is 4.79 Å². The zero-order valence-electron chi connectivity index (χ0n) is 9.89. The Morgan fingerprint density at radius 1 is 1.47 bits per heavy atom. The highest BCUT2D eigenvalue weighted by Gasteiger charge is 2.20. The van der Waals surface area contributed by atoms with E-state index in [1.165, 1.54) is 0 Å². The molecule has 0 bridgehead atoms. The molecule has 1 aliphatic rings. The van der Waals surface area contributed by atoms with E-state index in [-0.39, 0.29) is 11.7 Å². The Hall–Kier alpha value is -1.62. The predicted octanol–water partition coefficient (Wildman–Crippen LogP) is 0.659. The third-order valence-electron chi connectivity index (χ3n) is 3.53. The number of piperidine rings is 1. The summed E-state index contributed by atoms with van der Waals surface area (Å²) in [4.78, 5) is 16.4. The van der Waals surface area contributed by atoms with Crippen molar-refractivity contribution >= 4 is 11.0 Å². The van der Waals surface area contributed by atoms with Crippen LogP contribution in [-0.4, -0.2) is 27.2 Å². The average molecular weight is 232 g/mol. The van der Waals surface area contributed by atoms with E-state index >= 15 is 0 Å². The van der Waals surface area contributed by atoms with Gasteiger partial charge in [0.1, 0.15) is 0 Å². The number of nitrogens with one attached hydrogen (secondary N) is 1. The van der Waals surface area contributed by atoms with Crippen LogP contribution in [0.5, 0.6) is 0 Å². The molecule has 0 saturated carbocycles. The van der Waals surface area contributed by atoms with Crippen molar-refractivity contribution in [2.45, 2.75) is 18.9 Å². The summed E-state index contributed by atoms with van der Waals surface area (Å²) in [6, 6.07) is 2.15. The van der Waals surface area contributed by atoms with Crippen LogP contribution in [0.1, 0.15) is 18.9 Å². The van der Waals surface area contributed by atoms with E-state index < -0.39 is 0 Å². The van der Waals surface area contributed by atoms with Gasteiger partial charge in [-0.2, -0.15) is 0 Å². The van der Waals surface area contributed by atoms with Crippen molar-refractivity contribution in [1.82, 2.24) is 19.4 Å². The third kappa shape index (κ3) is 1.58. The summed E-state index contributed by atoms with van der Waals surface area (Å²) >= 11 is 0. The Balaban J connectivity index is 2.21. The monoisotopic (exact) mass is 232 g/mol. The molecule has 2 aromatic rings. The number of nitrogens with zero attached hydrogens (tertiary/aromatic N) is 3. The lowest BCUT2D eigenvalue weighted by molar-refractivity contribution is 0.369. The second-order valence-corrected chi connectivity index (χ2v) is 4.58. The number of hydrogen-bond donors (Lipinski definition) is 1. The first kappa shape index (κ1) is 10.5. The first-order chi connectivity index (χ1) is 8.29. The van der Waals surface area contributed by atoms with Gasteiger partial charge in [0.15, 0.2) is 0 Å². The summed E-state index contributed by atoms with van der Waals surface area (Å²) in [5, 5.41) is 3.35. The van der Waals surface area contributed by atoms with Gasteiger partial charge < -0.3 is 5.32 Å². The zero-order chi connectivity index (χ0) is 11.8. The van der Waals surface area contributed by atoms with Crippen LogP contribution in [0.4, 0.5) is 0 Å². The second-order valence-electron chi connectivity index (χ2n) is 4.58. The number of fused-ring (bicyclic) bond motifs is 1. The third-order valence-corrected chi connectivity index (χ3v) is 3.53. The van der Waals surface area contributed by atoms with Crippen molar-refractivity contribution in [3.8, 4) is 0 Å². The smallest absolute Gasteiger partial charge is 0.315 e. The van der Waals surface area contributed by atoms with Crippen LogP contribution in [0.2, 0.25) is 0 Å². The van der Waals surface area contributed by atoms with Crippen LogP contribution < -0.4 is 11.0 Å². The summed E-state index contributed by atoms with van der Waals surface area (Å²) in [5.41, 5.74) is 1.95. The van der Waals surface area contributed by atoms with E-state index in [0.717, 1.165) is 37.0 Å². The minimum atomic E-state index is 0.0571. The largest absolute Gasteiger partial charge is 0.329 e. The van der Waals surface area contributed by atoms with E-state index in [4.69, 9.17) is 0 Å². The van der Waals surface area contributed by atoms with Crippen molar-refractivity contribution < 1.29 is 0 Å². The Kier molecular flexibility index (Phi) is 2.48. The van der Waals surface area contributed by atoms with Gasteiger partial charge in [0.25, 0.3) is 0 Å². The lowest BCUT2D eigenvalue weighted by atomic mass is 10.1. The minimum Gasteiger partial charge on any atom is -0.315 e. The van der Waals surface area contributed by atoms with Gasteiger partial charge >= 0.3 is 5.69 Å². The highest BCUT2D eigenvalue weighted by molar-refractivity contribution is 5.74. The fourth-order valence-corrected chi connectivity index (χ4v) is 2.62. The van der Waals surface area contributed by atoms with Crippen molar-refractivity contribution in [1.29, 1.82) is 0 Å². The van der Waals surface area contributed by atoms with Crippen LogP contribution in [0.3, 0.4) is 0 Å². The van der Waals surface area contributed by atoms with Crippen LogP contribution >= 0.6 is 0 Å². The number of aryl methyl sites for hydroxylation is 1. The van der Waals surface area contributed by atoms with E-state index in [0.29, 0.717) is 0 Å². The maximum absolute atomic E-state index is 12.3. The molecule has 0 aliphatic carbocycles. The normalized spacial score (nSPS) is 20.9. The second kappa shape index (κ2) is 4.00. The molecule has 1 atom stereocenters. The molecule has 3 heterocycles. The number of aromatic nitrogens is 3. The van der Waals surface area contributed by atoms with Gasteiger partial charge in [-0.1, -0.05) is 0 Å². The molecule has 5 heteroatoms. The summed E-state index contributed by atoms with van der Waals surface area (Å²) in [5.74, 6) is 0. The molecule has 1 saturated heterocycles. The molecule has 90 valence electrons. The topological polar surface area (TPSA) is 51.9 Å². The van der Waals surface area contributed by atoms with E-state index in [1.54, 1.807) is 17.0 Å². The van der Waals surface area contributed by atoms with Crippen molar-refractivity contribution in [2.24, 2.45) is 7.05 Å². The lowest BCUT2D eigenvalue weighted by Gasteiger charge is -2.23. The van der Waals surface area contributed by atoms with Gasteiger partial charge in [0.05, 0.1) is 23.3 Å². The van der Waals surface area contributed by atoms with Crippen molar-refractivity contribution in [3.05, 3.63) is 28.9 Å². The quantitative estimate of drug-likeness (QED) is 0.786. The molecule has 1 aliphatic heterocycles. The van der Waals surface area contributed by atoms with Crippen LogP contribution in [-0.2, 0) is 7.05 Å². The van der Waals surface area contributed by atoms with Gasteiger partial charge in [-0.3, -0.25) is 14.1 Å². The molecule has 1 unspecified atom stereocenters. The molecule has 3 rings (SSSR count). The van der Waals surface area contributed by atoms with Crippen LogP contribution in [0.25, 0.3) is 11.0 Å². The minimum absolute atomic E-state index is 0.0571. The summed E-state index contributed by atoms with van der Waals surface area (Å²) in [7, 11) is 1.82. The summed E-state index contributed by atoms with van der Waals surface area (Å²) in [6.07, 6.45) is 5.69. The Morgan fingerprint density at radius 2 is 2.35 bits per heavy atom. The number of pyridine rings is 1. The molecular formula is C12H16N4O. The molecule has 1 fully saturated rings. The average Bonchev–Trinajstić information content (AvgIpc) is 2.64. The molecule has 1 N–H and O–H groups in total. The highest BCUT2D eigenvalue weighted by Crippen LogP contribution is 2.20. The zero-order valence-corrected chi connectivity index (χ0v) is 9.89. The van der Waals surface area contributed by atoms with E-state index in [1.807, 2.05) is 17.7 Å². The standard InChI is InChI=1S/C12H16N4O/c1-15-10-4-6-14-8-11(10)16(12(15)17)9-3-2-5-13-7-9/h4,6,8-9,13H,2-3,5,7H2,1H3. The molecule has 0 aromatic carbocycles. The van der Waals surface area contributed by atoms with Gasteiger partial charge in [0.2, 0.25) is 0 Å². The molecule has 0 amide bonds. The summed E-state index contributed by atoms with van der Waals surface area (Å²) < 4.78 is 3.58. The predicted molar refractivity (Wildman–Crippen MR) is 66.1 cm³/mol. The summed E-state index contributed by atoms with van der Waals surface area (Å²) in [6.45, 7) is 1.92. The van der Waals surface area contributed by atoms with Gasteiger partial charge in [-0.05, 0) is 25.5 Å². The van der Waals surface area contributed by atoms with Gasteiger partial charge in [0, 0.05) is 19.8 Å². The fraction of sp³-hybridized carbons (Fsp3) is 0.500. The molecule has 0 radical (unpaired) electrons. The maximum Gasteiger partial charge on any atom is 0.329 e. The number of hydrogen-bond acceptors (Lipinski definition) is 3. The lowest BCUT2D eigenvalue weighted by Crippen LogP contribution is -2.36. The Morgan fingerprint density at radius 3 is 3.12 bits per heavy atom. The first-order valence-electron chi connectivity index (χ1n) is 6.00. The van der Waals surface area contributed by atoms with Crippen molar-refractivity contribution in [3.63, 3.8) is 0 Å². The molecule has 5 nitrogen and oxygen atoms in total. The highest BCUT2D eigenvalue weighted by atomic mass is 16.1. The van der Waals surface area contributed by atoms with E-state index in [2.05, 4.69) is 10.3 Å². The molecule has 0 spiro atoms. The maximum atomic E-state index is 12.3. The van der Waals surface area contributed by atoms with Crippen LogP contribution in [0.15, 0.2) is 23.3 Å². The fourth-order valence-electron chi connectivity index (χ4n) is 2.62. The molecule has 2 aromatic heterocycles. The van der Waals surface area contributed by atoms with Crippen LogP contribution in [0, 0.1) is 0 Å². The number of rotatable bonds is 1. The Labute approximate surface area is 99.1 Å². The molecular weight excluding hydrogens is 216 g/mol. The SMILES string of the molecule is Cn1c(=O)n(C2CCCNC2)c2cnccc21. The Bertz CT molecular complexity index is 592. The van der Waals surface area contributed by atoms with Gasteiger partial charge in [-0.15, -0.1) is 0 Å². The van der Waals surface area contributed by atoms with Crippen molar-refractivity contribution in [2.75, 3.05) is 13.1 Å². The first-order valence-corrected chi connectivity index (χ1v) is 6.00. The molecule has 17 heavy (non-hydrogen) atoms.